The summed E-state index contributed by atoms with van der Waals surface area (Å²) in [6, 6.07) is 1.85. The van der Waals surface area contributed by atoms with Crippen LogP contribution in [0.5, 0.6) is 5.88 Å². The molecule has 0 aliphatic carbocycles. The molecule has 2 aromatic rings. The van der Waals surface area contributed by atoms with Crippen LogP contribution in [-0.4, -0.2) is 58.7 Å². The predicted octanol–water partition coefficient (Wildman–Crippen LogP) is 1.10. The Labute approximate surface area is 139 Å². The van der Waals surface area contributed by atoms with E-state index in [2.05, 4.69) is 33.9 Å². The molecule has 126 valence electrons. The number of fused-ring (bicyclic) bond motifs is 2. The summed E-state index contributed by atoms with van der Waals surface area (Å²) in [7, 11) is 1.49. The zero-order valence-electron chi connectivity index (χ0n) is 13.9. The van der Waals surface area contributed by atoms with Crippen molar-refractivity contribution in [2.45, 2.75) is 25.3 Å². The quantitative estimate of drug-likeness (QED) is 0.833. The number of ether oxygens (including phenoxy) is 1. The smallest absolute Gasteiger partial charge is 0.292 e. The highest BCUT2D eigenvalue weighted by atomic mass is 16.5. The van der Waals surface area contributed by atoms with E-state index in [0.29, 0.717) is 25.0 Å². The van der Waals surface area contributed by atoms with E-state index >= 15 is 0 Å². The Morgan fingerprint density at radius 3 is 2.71 bits per heavy atom. The van der Waals surface area contributed by atoms with Gasteiger partial charge < -0.3 is 19.1 Å². The summed E-state index contributed by atoms with van der Waals surface area (Å²) in [5.41, 5.74) is 0.839. The molecule has 2 aromatic heterocycles. The van der Waals surface area contributed by atoms with Crippen molar-refractivity contribution in [1.29, 1.82) is 0 Å². The van der Waals surface area contributed by atoms with Gasteiger partial charge in [-0.05, 0) is 19.0 Å². The number of hydrogen-bond donors (Lipinski definition) is 0. The zero-order valence-corrected chi connectivity index (χ0v) is 13.9. The number of amides is 1. The average Bonchev–Trinajstić information content (AvgIpc) is 3.15. The molecule has 1 saturated heterocycles. The number of hydrogen-bond acceptors (Lipinski definition) is 7. The van der Waals surface area contributed by atoms with Crippen LogP contribution in [0.2, 0.25) is 0 Å². The van der Waals surface area contributed by atoms with E-state index in [0.717, 1.165) is 18.1 Å². The lowest BCUT2D eigenvalue weighted by molar-refractivity contribution is 0.0376. The molecule has 1 fully saturated rings. The molecule has 8 nitrogen and oxygen atoms in total. The fourth-order valence-corrected chi connectivity index (χ4v) is 3.51. The van der Waals surface area contributed by atoms with Crippen LogP contribution in [0.3, 0.4) is 0 Å². The van der Waals surface area contributed by atoms with Gasteiger partial charge in [-0.1, -0.05) is 0 Å². The Morgan fingerprint density at radius 1 is 1.29 bits per heavy atom. The van der Waals surface area contributed by atoms with Crippen molar-refractivity contribution < 1.29 is 14.1 Å². The van der Waals surface area contributed by atoms with Crippen LogP contribution < -0.4 is 9.64 Å². The third kappa shape index (κ3) is 2.05. The zero-order chi connectivity index (χ0) is 16.9. The molecule has 8 heteroatoms. The van der Waals surface area contributed by atoms with E-state index in [9.17, 15) is 4.79 Å². The number of carbonyl (C=O) groups excluding carboxylic acids is 1. The molecule has 0 bridgehead atoms. The van der Waals surface area contributed by atoms with Crippen molar-refractivity contribution in [2.24, 2.45) is 0 Å². The summed E-state index contributed by atoms with van der Waals surface area (Å²) in [6.45, 7) is 6.31. The van der Waals surface area contributed by atoms with Crippen LogP contribution in [0.4, 0.5) is 5.82 Å². The van der Waals surface area contributed by atoms with Gasteiger partial charge in [0.25, 0.3) is 11.8 Å². The summed E-state index contributed by atoms with van der Waals surface area (Å²) >= 11 is 0. The number of methoxy groups -OCH3 is 1. The summed E-state index contributed by atoms with van der Waals surface area (Å²) < 4.78 is 10.0. The largest absolute Gasteiger partial charge is 0.479 e. The number of nitrogens with zero attached hydrogens (tertiary/aromatic N) is 5. The van der Waals surface area contributed by atoms with Crippen LogP contribution >= 0.6 is 0 Å². The second-order valence-corrected chi connectivity index (χ2v) is 6.63. The molecular weight excluding hydrogens is 310 g/mol. The van der Waals surface area contributed by atoms with Crippen molar-refractivity contribution in [1.82, 2.24) is 20.0 Å². The Balaban J connectivity index is 1.55. The summed E-state index contributed by atoms with van der Waals surface area (Å²) in [5.74, 6) is 1.25. The second kappa shape index (κ2) is 5.19. The van der Waals surface area contributed by atoms with Gasteiger partial charge in [0.05, 0.1) is 24.3 Å². The monoisotopic (exact) mass is 329 g/mol. The molecule has 4 rings (SSSR count). The molecule has 0 saturated carbocycles. The minimum atomic E-state index is -0.176. The molecule has 1 amide bonds. The van der Waals surface area contributed by atoms with E-state index in [-0.39, 0.29) is 17.1 Å². The number of likely N-dealkylation sites (tertiary alicyclic amines) is 1. The third-order valence-electron chi connectivity index (χ3n) is 4.73. The summed E-state index contributed by atoms with van der Waals surface area (Å²) in [5, 5.41) is 3.68. The van der Waals surface area contributed by atoms with E-state index in [1.807, 2.05) is 0 Å². The lowest BCUT2D eigenvalue weighted by atomic mass is 9.78. The van der Waals surface area contributed by atoms with Gasteiger partial charge in [0.1, 0.15) is 0 Å². The lowest BCUT2D eigenvalue weighted by Gasteiger charge is -2.47. The van der Waals surface area contributed by atoms with Crippen LogP contribution in [0, 0.1) is 0 Å². The molecule has 0 N–H and O–H groups in total. The van der Waals surface area contributed by atoms with E-state index < -0.39 is 0 Å². The van der Waals surface area contributed by atoms with Crippen molar-refractivity contribution in [3.63, 3.8) is 0 Å². The molecule has 0 unspecified atom stereocenters. The van der Waals surface area contributed by atoms with E-state index in [1.54, 1.807) is 17.3 Å². The fourth-order valence-electron chi connectivity index (χ4n) is 3.51. The van der Waals surface area contributed by atoms with E-state index in [1.165, 1.54) is 13.2 Å². The van der Waals surface area contributed by atoms with Gasteiger partial charge in [0.2, 0.25) is 5.76 Å². The van der Waals surface area contributed by atoms with Gasteiger partial charge in [0.15, 0.2) is 5.82 Å². The van der Waals surface area contributed by atoms with Crippen LogP contribution in [0.15, 0.2) is 23.0 Å². The predicted molar refractivity (Wildman–Crippen MR) is 85.2 cm³/mol. The van der Waals surface area contributed by atoms with Gasteiger partial charge in [-0.3, -0.25) is 9.78 Å². The molecule has 0 aromatic carbocycles. The first kappa shape index (κ1) is 14.9. The summed E-state index contributed by atoms with van der Waals surface area (Å²) in [4.78, 5) is 25.6. The lowest BCUT2D eigenvalue weighted by Crippen LogP contribution is -2.63. The van der Waals surface area contributed by atoms with Crippen LogP contribution in [-0.2, 0) is 5.41 Å². The van der Waals surface area contributed by atoms with Crippen molar-refractivity contribution in [3.05, 3.63) is 29.9 Å². The summed E-state index contributed by atoms with van der Waals surface area (Å²) in [6.07, 6.45) is 3.44. The maximum absolute atomic E-state index is 12.5. The third-order valence-corrected chi connectivity index (χ3v) is 4.73. The normalized spacial score (nSPS) is 18.0. The highest BCUT2D eigenvalue weighted by molar-refractivity contribution is 5.92. The Morgan fingerprint density at radius 2 is 2.04 bits per heavy atom. The molecule has 24 heavy (non-hydrogen) atoms. The molecule has 1 spiro atoms. The maximum Gasteiger partial charge on any atom is 0.292 e. The van der Waals surface area contributed by atoms with Crippen molar-refractivity contribution in [2.75, 3.05) is 31.6 Å². The molecule has 4 heterocycles. The van der Waals surface area contributed by atoms with Crippen LogP contribution in [0.25, 0.3) is 0 Å². The topological polar surface area (TPSA) is 84.6 Å². The molecule has 2 aliphatic heterocycles. The first-order valence-electron chi connectivity index (χ1n) is 7.92. The molecule has 2 aliphatic rings. The van der Waals surface area contributed by atoms with Gasteiger partial charge in [-0.15, -0.1) is 0 Å². The highest BCUT2D eigenvalue weighted by Crippen LogP contribution is 2.45. The highest BCUT2D eigenvalue weighted by Gasteiger charge is 2.55. The van der Waals surface area contributed by atoms with Gasteiger partial charge in [0, 0.05) is 38.1 Å². The number of rotatable bonds is 3. The average molecular weight is 329 g/mol. The second-order valence-electron chi connectivity index (χ2n) is 6.63. The molecular formula is C16H19N5O3. The molecule has 0 atom stereocenters. The Kier molecular flexibility index (Phi) is 3.22. The standard InChI is InChI=1S/C16H19N5O3/c1-10(2)21-9-16(13-14(21)18-5-4-17-13)7-20(8-16)15(22)11-6-12(23-3)19-24-11/h4-6,10H,7-9H2,1-3H3. The van der Waals surface area contributed by atoms with Gasteiger partial charge >= 0.3 is 0 Å². The minimum Gasteiger partial charge on any atom is -0.479 e. The SMILES string of the molecule is COc1cc(C(=O)N2CC3(C2)CN(C(C)C)c2nccnc23)on1. The Bertz CT molecular complexity index is 782. The van der Waals surface area contributed by atoms with Crippen molar-refractivity contribution in [3.8, 4) is 5.88 Å². The first-order chi connectivity index (χ1) is 11.5. The fraction of sp³-hybridized carbons (Fsp3) is 0.500. The minimum absolute atomic E-state index is 0.145. The van der Waals surface area contributed by atoms with Crippen LogP contribution in [0.1, 0.15) is 30.1 Å². The molecule has 0 radical (unpaired) electrons. The van der Waals surface area contributed by atoms with Gasteiger partial charge in [-0.25, -0.2) is 4.98 Å². The van der Waals surface area contributed by atoms with Crippen molar-refractivity contribution >= 4 is 11.7 Å². The maximum atomic E-state index is 12.5. The Hall–Kier alpha value is -2.64. The number of carbonyl (C=O) groups is 1. The number of aromatic nitrogens is 3. The van der Waals surface area contributed by atoms with Gasteiger partial charge in [-0.2, -0.15) is 0 Å². The first-order valence-corrected chi connectivity index (χ1v) is 7.92. The number of anilines is 1. The van der Waals surface area contributed by atoms with E-state index in [4.69, 9.17) is 9.26 Å².